The number of hydrogen-bond acceptors (Lipinski definition) is 4. The molecular formula is C12H16FN3O3. The Morgan fingerprint density at radius 1 is 1.37 bits per heavy atom. The van der Waals surface area contributed by atoms with Gasteiger partial charge in [-0.15, -0.1) is 0 Å². The molecule has 1 aromatic carbocycles. The van der Waals surface area contributed by atoms with Crippen LogP contribution in [0.3, 0.4) is 0 Å². The van der Waals surface area contributed by atoms with Gasteiger partial charge >= 0.3 is 0 Å². The lowest BCUT2D eigenvalue weighted by Crippen LogP contribution is -2.36. The maximum Gasteiger partial charge on any atom is 0.243 e. The van der Waals surface area contributed by atoms with Crippen LogP contribution in [-0.2, 0) is 9.59 Å². The minimum Gasteiger partial charge on any atom is -0.491 e. The molecule has 4 N–H and O–H groups in total. The zero-order valence-corrected chi connectivity index (χ0v) is 10.5. The summed E-state index contributed by atoms with van der Waals surface area (Å²) in [6.45, 7) is 1.69. The van der Waals surface area contributed by atoms with Crippen molar-refractivity contribution in [2.75, 3.05) is 25.0 Å². The number of carbonyl (C=O) groups is 2. The fraction of sp³-hybridized carbons (Fsp3) is 0.333. The van der Waals surface area contributed by atoms with E-state index in [4.69, 9.17) is 10.5 Å². The minimum absolute atomic E-state index is 0.122. The predicted octanol–water partition coefficient (Wildman–Crippen LogP) is 0.238. The van der Waals surface area contributed by atoms with Crippen LogP contribution in [0.15, 0.2) is 18.2 Å². The van der Waals surface area contributed by atoms with Crippen molar-refractivity contribution in [1.29, 1.82) is 0 Å². The fourth-order valence-corrected chi connectivity index (χ4v) is 1.31. The average Bonchev–Trinajstić information content (AvgIpc) is 2.39. The zero-order chi connectivity index (χ0) is 14.3. The highest BCUT2D eigenvalue weighted by atomic mass is 19.1. The molecule has 0 aliphatic rings. The topological polar surface area (TPSA) is 93.5 Å². The van der Waals surface area contributed by atoms with E-state index < -0.39 is 17.6 Å². The van der Waals surface area contributed by atoms with Crippen molar-refractivity contribution in [3.63, 3.8) is 0 Å². The van der Waals surface area contributed by atoms with Crippen LogP contribution in [0.25, 0.3) is 0 Å². The maximum atomic E-state index is 13.5. The molecule has 0 aromatic heterocycles. The quantitative estimate of drug-likeness (QED) is 0.689. The summed E-state index contributed by atoms with van der Waals surface area (Å²) in [7, 11) is 0. The highest BCUT2D eigenvalue weighted by molar-refractivity contribution is 5.94. The van der Waals surface area contributed by atoms with E-state index in [1.54, 1.807) is 6.92 Å². The lowest BCUT2D eigenvalue weighted by molar-refractivity contribution is -0.123. The third kappa shape index (κ3) is 4.92. The number of benzene rings is 1. The Kier molecular flexibility index (Phi) is 5.74. The van der Waals surface area contributed by atoms with Gasteiger partial charge in [0.25, 0.3) is 0 Å². The number of ether oxygens (including phenoxy) is 1. The maximum absolute atomic E-state index is 13.5. The van der Waals surface area contributed by atoms with Crippen LogP contribution in [-0.4, -0.2) is 31.5 Å². The lowest BCUT2D eigenvalue weighted by Gasteiger charge is -2.08. The molecule has 0 unspecified atom stereocenters. The molecular weight excluding hydrogens is 253 g/mol. The van der Waals surface area contributed by atoms with E-state index in [9.17, 15) is 14.0 Å². The Morgan fingerprint density at radius 2 is 2.11 bits per heavy atom. The van der Waals surface area contributed by atoms with Crippen LogP contribution in [0, 0.1) is 5.82 Å². The Balaban J connectivity index is 2.55. The number of rotatable bonds is 6. The molecule has 0 saturated heterocycles. The van der Waals surface area contributed by atoms with Crippen LogP contribution >= 0.6 is 0 Å². The van der Waals surface area contributed by atoms with Gasteiger partial charge in [0.2, 0.25) is 11.8 Å². The Labute approximate surface area is 110 Å². The van der Waals surface area contributed by atoms with Gasteiger partial charge in [0.15, 0.2) is 11.6 Å². The highest BCUT2D eigenvalue weighted by Crippen LogP contribution is 2.20. The summed E-state index contributed by atoms with van der Waals surface area (Å²) in [4.78, 5) is 22.3. The number of carbonyl (C=O) groups excluding carboxylic acids is 2. The number of anilines is 1. The first-order valence-corrected chi connectivity index (χ1v) is 5.75. The molecule has 7 heteroatoms. The van der Waals surface area contributed by atoms with Gasteiger partial charge in [0.05, 0.1) is 19.7 Å². The molecule has 1 rings (SSSR count). The van der Waals surface area contributed by atoms with E-state index in [1.807, 2.05) is 0 Å². The molecule has 2 amide bonds. The van der Waals surface area contributed by atoms with Gasteiger partial charge in [0, 0.05) is 11.8 Å². The van der Waals surface area contributed by atoms with Crippen molar-refractivity contribution in [2.45, 2.75) is 6.92 Å². The van der Waals surface area contributed by atoms with Crippen molar-refractivity contribution < 1.29 is 18.7 Å². The summed E-state index contributed by atoms with van der Waals surface area (Å²) in [5.74, 6) is -1.35. The van der Waals surface area contributed by atoms with E-state index >= 15 is 0 Å². The van der Waals surface area contributed by atoms with Crippen LogP contribution < -0.4 is 21.1 Å². The second kappa shape index (κ2) is 7.32. The summed E-state index contributed by atoms with van der Waals surface area (Å²) < 4.78 is 18.5. The van der Waals surface area contributed by atoms with E-state index in [1.165, 1.54) is 12.1 Å². The predicted molar refractivity (Wildman–Crippen MR) is 68.3 cm³/mol. The SMILES string of the molecule is CCOc1ccc(NC(=O)CNC(=O)CN)cc1F. The van der Waals surface area contributed by atoms with Gasteiger partial charge in [-0.3, -0.25) is 9.59 Å². The normalized spacial score (nSPS) is 9.84. The van der Waals surface area contributed by atoms with E-state index in [-0.39, 0.29) is 24.5 Å². The number of nitrogens with two attached hydrogens (primary N) is 1. The van der Waals surface area contributed by atoms with Gasteiger partial charge in [-0.05, 0) is 19.1 Å². The Morgan fingerprint density at radius 3 is 2.68 bits per heavy atom. The van der Waals surface area contributed by atoms with Crippen LogP contribution in [0.1, 0.15) is 6.92 Å². The second-order valence-electron chi connectivity index (χ2n) is 3.61. The Hall–Kier alpha value is -2.15. The molecule has 0 fully saturated rings. The van der Waals surface area contributed by atoms with Gasteiger partial charge in [-0.1, -0.05) is 0 Å². The molecule has 1 aromatic rings. The second-order valence-corrected chi connectivity index (χ2v) is 3.61. The fourth-order valence-electron chi connectivity index (χ4n) is 1.31. The molecule has 0 spiro atoms. The first-order valence-electron chi connectivity index (χ1n) is 5.75. The lowest BCUT2D eigenvalue weighted by atomic mass is 10.3. The van der Waals surface area contributed by atoms with Crippen molar-refractivity contribution in [2.24, 2.45) is 5.73 Å². The molecule has 0 aliphatic carbocycles. The van der Waals surface area contributed by atoms with Gasteiger partial charge in [-0.25, -0.2) is 4.39 Å². The van der Waals surface area contributed by atoms with Gasteiger partial charge < -0.3 is 21.1 Å². The highest BCUT2D eigenvalue weighted by Gasteiger charge is 2.08. The largest absolute Gasteiger partial charge is 0.491 e. The van der Waals surface area contributed by atoms with Crippen molar-refractivity contribution in [3.8, 4) is 5.75 Å². The monoisotopic (exact) mass is 269 g/mol. The van der Waals surface area contributed by atoms with Gasteiger partial charge in [-0.2, -0.15) is 0 Å². The molecule has 0 bridgehead atoms. The average molecular weight is 269 g/mol. The van der Waals surface area contributed by atoms with Crippen molar-refractivity contribution in [1.82, 2.24) is 5.32 Å². The minimum atomic E-state index is -0.564. The standard InChI is InChI=1S/C12H16FN3O3/c1-2-19-10-4-3-8(5-9(10)13)16-12(18)7-15-11(17)6-14/h3-5H,2,6-7,14H2,1H3,(H,15,17)(H,16,18). The summed E-state index contributed by atoms with van der Waals surface area (Å²) in [6.07, 6.45) is 0. The van der Waals surface area contributed by atoms with E-state index in [2.05, 4.69) is 10.6 Å². The molecule has 0 saturated carbocycles. The molecule has 0 atom stereocenters. The number of halogens is 1. The third-order valence-corrected chi connectivity index (χ3v) is 2.15. The van der Waals surface area contributed by atoms with E-state index in [0.29, 0.717) is 6.61 Å². The molecule has 0 radical (unpaired) electrons. The van der Waals surface area contributed by atoms with Crippen molar-refractivity contribution >= 4 is 17.5 Å². The summed E-state index contributed by atoms with van der Waals surface area (Å²) in [5.41, 5.74) is 5.35. The first kappa shape index (κ1) is 14.9. The first-order chi connectivity index (χ1) is 9.06. The molecule has 0 heterocycles. The van der Waals surface area contributed by atoms with Crippen LogP contribution in [0.5, 0.6) is 5.75 Å². The van der Waals surface area contributed by atoms with Crippen molar-refractivity contribution in [3.05, 3.63) is 24.0 Å². The summed E-state index contributed by atoms with van der Waals surface area (Å²) in [5, 5.41) is 4.75. The third-order valence-electron chi connectivity index (χ3n) is 2.15. The molecule has 104 valence electrons. The number of amides is 2. The summed E-state index contributed by atoms with van der Waals surface area (Å²) in [6, 6.07) is 4.08. The smallest absolute Gasteiger partial charge is 0.243 e. The van der Waals surface area contributed by atoms with Crippen LogP contribution in [0.2, 0.25) is 0 Å². The zero-order valence-electron chi connectivity index (χ0n) is 10.5. The van der Waals surface area contributed by atoms with E-state index in [0.717, 1.165) is 6.07 Å². The van der Waals surface area contributed by atoms with Crippen LogP contribution in [0.4, 0.5) is 10.1 Å². The number of nitrogens with one attached hydrogen (secondary N) is 2. The molecule has 6 nitrogen and oxygen atoms in total. The molecule has 19 heavy (non-hydrogen) atoms. The van der Waals surface area contributed by atoms with Gasteiger partial charge in [0.1, 0.15) is 0 Å². The summed E-state index contributed by atoms with van der Waals surface area (Å²) >= 11 is 0. The number of hydrogen-bond donors (Lipinski definition) is 3. The molecule has 0 aliphatic heterocycles. The Bertz CT molecular complexity index is 466.